The zero-order chi connectivity index (χ0) is 9.26. The van der Waals surface area contributed by atoms with Crippen LogP contribution in [0.3, 0.4) is 0 Å². The van der Waals surface area contributed by atoms with Crippen LogP contribution < -0.4 is 10.3 Å². The fraction of sp³-hybridized carbons (Fsp3) is 0.100. The van der Waals surface area contributed by atoms with E-state index in [-0.39, 0.29) is 18.0 Å². The highest BCUT2D eigenvalue weighted by atomic mass is 35.5. The number of aromatic nitrogens is 1. The van der Waals surface area contributed by atoms with E-state index in [1.807, 2.05) is 18.2 Å². The van der Waals surface area contributed by atoms with Crippen molar-refractivity contribution in [3.05, 3.63) is 40.7 Å². The Hall–Kier alpha value is -1.48. The van der Waals surface area contributed by atoms with Crippen LogP contribution in [0.5, 0.6) is 5.75 Å². The summed E-state index contributed by atoms with van der Waals surface area (Å²) in [7, 11) is 1.58. The molecule has 0 atom stereocenters. The highest BCUT2D eigenvalue weighted by molar-refractivity contribution is 5.85. The first-order chi connectivity index (χ1) is 6.31. The predicted octanol–water partition coefficient (Wildman–Crippen LogP) is 1.96. The van der Waals surface area contributed by atoms with Crippen LogP contribution in [0.2, 0.25) is 0 Å². The summed E-state index contributed by atoms with van der Waals surface area (Å²) in [5.41, 5.74) is 0.634. The quantitative estimate of drug-likeness (QED) is 0.784. The van der Waals surface area contributed by atoms with E-state index in [2.05, 4.69) is 4.98 Å². The molecule has 74 valence electrons. The first kappa shape index (κ1) is 10.6. The minimum atomic E-state index is -0.114. The van der Waals surface area contributed by atoms with Crippen LogP contribution in [-0.4, -0.2) is 12.1 Å². The fourth-order valence-corrected chi connectivity index (χ4v) is 1.32. The lowest BCUT2D eigenvalue weighted by Gasteiger charge is -2.03. The average molecular weight is 212 g/mol. The van der Waals surface area contributed by atoms with Gasteiger partial charge < -0.3 is 9.72 Å². The van der Waals surface area contributed by atoms with Gasteiger partial charge in [-0.05, 0) is 12.1 Å². The van der Waals surface area contributed by atoms with Crippen molar-refractivity contribution in [1.29, 1.82) is 0 Å². The lowest BCUT2D eigenvalue weighted by molar-refractivity contribution is 0.419. The van der Waals surface area contributed by atoms with Crippen LogP contribution in [0, 0.1) is 0 Å². The summed E-state index contributed by atoms with van der Waals surface area (Å²) in [5, 5.41) is 0.971. The number of aromatic amines is 1. The molecule has 0 unspecified atom stereocenters. The number of pyridine rings is 1. The van der Waals surface area contributed by atoms with Gasteiger partial charge in [0.25, 0.3) is 0 Å². The molecule has 0 fully saturated rings. The molecular weight excluding hydrogens is 202 g/mol. The summed E-state index contributed by atoms with van der Waals surface area (Å²) < 4.78 is 5.11. The Morgan fingerprint density at radius 2 is 2.00 bits per heavy atom. The number of H-pyrrole nitrogens is 1. The maximum absolute atomic E-state index is 11.0. The highest BCUT2D eigenvalue weighted by Crippen LogP contribution is 2.20. The van der Waals surface area contributed by atoms with Crippen LogP contribution >= 0.6 is 12.4 Å². The molecule has 0 amide bonds. The Morgan fingerprint density at radius 3 is 2.71 bits per heavy atom. The third-order valence-electron chi connectivity index (χ3n) is 1.94. The number of benzene rings is 1. The number of para-hydroxylation sites is 1. The first-order valence-corrected chi connectivity index (χ1v) is 3.97. The lowest BCUT2D eigenvalue weighted by Crippen LogP contribution is -2.03. The van der Waals surface area contributed by atoms with Gasteiger partial charge in [-0.3, -0.25) is 4.79 Å². The molecule has 1 N–H and O–H groups in total. The molecule has 1 aromatic heterocycles. The van der Waals surface area contributed by atoms with Crippen molar-refractivity contribution in [3.8, 4) is 5.75 Å². The van der Waals surface area contributed by atoms with Gasteiger partial charge in [-0.2, -0.15) is 0 Å². The predicted molar refractivity (Wildman–Crippen MR) is 58.4 cm³/mol. The molecule has 3 nitrogen and oxygen atoms in total. The van der Waals surface area contributed by atoms with Crippen LogP contribution in [-0.2, 0) is 0 Å². The number of nitrogens with one attached hydrogen (secondary N) is 1. The Kier molecular flexibility index (Phi) is 3.14. The second kappa shape index (κ2) is 4.15. The van der Waals surface area contributed by atoms with E-state index in [1.165, 1.54) is 6.07 Å². The highest BCUT2D eigenvalue weighted by Gasteiger charge is 1.99. The molecule has 0 saturated heterocycles. The third kappa shape index (κ3) is 1.72. The number of halogens is 1. The summed E-state index contributed by atoms with van der Waals surface area (Å²) in [5.74, 6) is 0.690. The summed E-state index contributed by atoms with van der Waals surface area (Å²) in [6.45, 7) is 0. The molecule has 14 heavy (non-hydrogen) atoms. The molecule has 0 saturated carbocycles. The Morgan fingerprint density at radius 1 is 1.21 bits per heavy atom. The molecule has 2 aromatic rings. The van der Waals surface area contributed by atoms with E-state index in [4.69, 9.17) is 4.74 Å². The van der Waals surface area contributed by atoms with Gasteiger partial charge in [-0.15, -0.1) is 12.4 Å². The third-order valence-corrected chi connectivity index (χ3v) is 1.94. The zero-order valence-corrected chi connectivity index (χ0v) is 8.43. The largest absolute Gasteiger partial charge is 0.495 e. The van der Waals surface area contributed by atoms with Gasteiger partial charge in [0.2, 0.25) is 5.56 Å². The zero-order valence-electron chi connectivity index (χ0n) is 7.61. The van der Waals surface area contributed by atoms with Gasteiger partial charge in [0, 0.05) is 11.5 Å². The van der Waals surface area contributed by atoms with E-state index >= 15 is 0 Å². The summed E-state index contributed by atoms with van der Waals surface area (Å²) in [4.78, 5) is 13.8. The number of methoxy groups -OCH3 is 1. The molecule has 1 aromatic carbocycles. The number of hydrogen-bond acceptors (Lipinski definition) is 2. The number of fused-ring (bicyclic) bond motifs is 1. The van der Waals surface area contributed by atoms with Crippen LogP contribution in [0.4, 0.5) is 0 Å². The average Bonchev–Trinajstić information content (AvgIpc) is 2.17. The smallest absolute Gasteiger partial charge is 0.248 e. The van der Waals surface area contributed by atoms with E-state index in [0.717, 1.165) is 10.9 Å². The fourth-order valence-electron chi connectivity index (χ4n) is 1.32. The van der Waals surface area contributed by atoms with Gasteiger partial charge in [0.1, 0.15) is 5.75 Å². The minimum Gasteiger partial charge on any atom is -0.495 e. The summed E-state index contributed by atoms with van der Waals surface area (Å²) >= 11 is 0. The molecule has 0 radical (unpaired) electrons. The van der Waals surface area contributed by atoms with E-state index in [1.54, 1.807) is 13.2 Å². The van der Waals surface area contributed by atoms with Crippen molar-refractivity contribution in [2.24, 2.45) is 0 Å². The molecular formula is C10H10ClNO2. The Bertz CT molecular complexity index is 493. The van der Waals surface area contributed by atoms with E-state index in [9.17, 15) is 4.79 Å². The Labute approximate surface area is 87.1 Å². The second-order valence-electron chi connectivity index (χ2n) is 2.75. The second-order valence-corrected chi connectivity index (χ2v) is 2.75. The van der Waals surface area contributed by atoms with Gasteiger partial charge in [0.05, 0.1) is 12.6 Å². The first-order valence-electron chi connectivity index (χ1n) is 3.97. The van der Waals surface area contributed by atoms with E-state index < -0.39 is 0 Å². The van der Waals surface area contributed by atoms with Crippen molar-refractivity contribution >= 4 is 23.3 Å². The normalized spacial score (nSPS) is 9.50. The van der Waals surface area contributed by atoms with Gasteiger partial charge in [-0.25, -0.2) is 0 Å². The monoisotopic (exact) mass is 211 g/mol. The topological polar surface area (TPSA) is 42.1 Å². The van der Waals surface area contributed by atoms with Crippen molar-refractivity contribution in [2.45, 2.75) is 0 Å². The van der Waals surface area contributed by atoms with E-state index in [0.29, 0.717) is 5.75 Å². The number of hydrogen-bond donors (Lipinski definition) is 1. The maximum atomic E-state index is 11.0. The van der Waals surface area contributed by atoms with Crippen molar-refractivity contribution < 1.29 is 4.74 Å². The van der Waals surface area contributed by atoms with Crippen molar-refractivity contribution in [1.82, 2.24) is 4.98 Å². The minimum absolute atomic E-state index is 0. The molecule has 4 heteroatoms. The molecule has 2 rings (SSSR count). The molecule has 0 aliphatic heterocycles. The van der Waals surface area contributed by atoms with Crippen LogP contribution in [0.1, 0.15) is 0 Å². The molecule has 0 aliphatic rings. The summed E-state index contributed by atoms with van der Waals surface area (Å²) in [6.07, 6.45) is 0. The van der Waals surface area contributed by atoms with Crippen molar-refractivity contribution in [2.75, 3.05) is 7.11 Å². The standard InChI is InChI=1S/C10H9NO2.ClH/c1-13-8-4-2-3-7-5-6-9(12)11-10(7)8;/h2-6H,1H3,(H,11,12);1H. The van der Waals surface area contributed by atoms with Crippen LogP contribution in [0.25, 0.3) is 10.9 Å². The van der Waals surface area contributed by atoms with Gasteiger partial charge >= 0.3 is 0 Å². The molecule has 0 spiro atoms. The molecule has 1 heterocycles. The number of rotatable bonds is 1. The van der Waals surface area contributed by atoms with Gasteiger partial charge in [0.15, 0.2) is 0 Å². The van der Waals surface area contributed by atoms with Crippen molar-refractivity contribution in [3.63, 3.8) is 0 Å². The number of ether oxygens (including phenoxy) is 1. The SMILES string of the molecule is COc1cccc2ccc(=O)[nH]c12.Cl. The van der Waals surface area contributed by atoms with Gasteiger partial charge in [-0.1, -0.05) is 12.1 Å². The Balaban J connectivity index is 0.000000980. The lowest BCUT2D eigenvalue weighted by atomic mass is 10.2. The van der Waals surface area contributed by atoms with Crippen LogP contribution in [0.15, 0.2) is 35.1 Å². The maximum Gasteiger partial charge on any atom is 0.248 e. The molecule has 0 bridgehead atoms. The summed E-state index contributed by atoms with van der Waals surface area (Å²) in [6, 6.07) is 8.91. The molecule has 0 aliphatic carbocycles.